The summed E-state index contributed by atoms with van der Waals surface area (Å²) < 4.78 is 9.90. The molecule has 5 N–H and O–H groups in total. The van der Waals surface area contributed by atoms with Crippen LogP contribution in [0.2, 0.25) is 0 Å². The Morgan fingerprint density at radius 2 is 1.33 bits per heavy atom. The fraction of sp³-hybridized carbons (Fsp3) is 0.450. The molecule has 0 spiro atoms. The van der Waals surface area contributed by atoms with Crippen molar-refractivity contribution in [1.82, 2.24) is 40.4 Å². The lowest BCUT2D eigenvalue weighted by molar-refractivity contribution is -0.137. The number of benzene rings is 2. The number of carbonyl (C=O) groups is 4. The van der Waals surface area contributed by atoms with Crippen molar-refractivity contribution < 1.29 is 33.8 Å². The number of carboxylic acid groups (broad SMARTS) is 1. The zero-order valence-electron chi connectivity index (χ0n) is 31.1. The third-order valence-electron chi connectivity index (χ3n) is 11.1. The van der Waals surface area contributed by atoms with Crippen molar-refractivity contribution in [2.75, 3.05) is 33.9 Å². The van der Waals surface area contributed by atoms with Crippen molar-refractivity contribution in [3.8, 4) is 33.6 Å². The molecule has 2 aromatic heterocycles. The highest BCUT2D eigenvalue weighted by atomic mass is 16.5. The minimum atomic E-state index is -1.09. The molecule has 1 saturated carbocycles. The number of ether oxygens (including phenoxy) is 2. The van der Waals surface area contributed by atoms with Crippen LogP contribution in [0.15, 0.2) is 60.9 Å². The van der Waals surface area contributed by atoms with E-state index in [-0.39, 0.29) is 35.9 Å². The van der Waals surface area contributed by atoms with E-state index in [0.29, 0.717) is 44.8 Å². The average molecular weight is 753 g/mol. The second-order valence-electron chi connectivity index (χ2n) is 14.5. The summed E-state index contributed by atoms with van der Waals surface area (Å²) in [4.78, 5) is 70.2. The summed E-state index contributed by atoms with van der Waals surface area (Å²) in [5.74, 6) is 0.926. The Labute approximate surface area is 319 Å². The second-order valence-corrected chi connectivity index (χ2v) is 14.5. The Morgan fingerprint density at radius 1 is 0.782 bits per heavy atom. The molecule has 3 aliphatic rings. The van der Waals surface area contributed by atoms with Crippen LogP contribution in [0.1, 0.15) is 75.1 Å². The van der Waals surface area contributed by atoms with Gasteiger partial charge in [-0.1, -0.05) is 55.0 Å². The first-order chi connectivity index (χ1) is 26.7. The van der Waals surface area contributed by atoms with Crippen molar-refractivity contribution in [1.29, 1.82) is 0 Å². The molecular formula is C40H48N8O7. The van der Waals surface area contributed by atoms with Crippen LogP contribution >= 0.6 is 0 Å². The van der Waals surface area contributed by atoms with Crippen molar-refractivity contribution >= 4 is 24.0 Å². The van der Waals surface area contributed by atoms with E-state index in [1.165, 1.54) is 7.11 Å². The second kappa shape index (κ2) is 16.8. The lowest BCUT2D eigenvalue weighted by Crippen LogP contribution is -2.49. The number of aromatic nitrogens is 4. The fourth-order valence-electron chi connectivity index (χ4n) is 8.31. The molecule has 0 radical (unpaired) electrons. The van der Waals surface area contributed by atoms with Gasteiger partial charge >= 0.3 is 12.2 Å². The van der Waals surface area contributed by atoms with E-state index in [4.69, 9.17) is 9.47 Å². The molecule has 290 valence electrons. The standard InChI is InChI=1S/C40H48N8O7/c1-54-21-18-30(46-40(53)55-2)38(50)48-20-5-9-34(48)36-42-23-32(44-36)27-16-12-25(13-17-27)24-10-14-26(15-11-24)31-22-41-35(43-31)33-8-4-19-47(33)37(49)28-6-3-7-29(28)45-39(51)52/h10-17,22-23,28-30,33-34,45H,3-9,18-21H2,1-2H3,(H,41,43)(H,42,44)(H,46,53)(H,51,52)/t28-,29-,30-,33?,34?/m0/s1. The van der Waals surface area contributed by atoms with E-state index < -0.39 is 18.2 Å². The van der Waals surface area contributed by atoms with Crippen molar-refractivity contribution in [2.24, 2.45) is 5.92 Å². The summed E-state index contributed by atoms with van der Waals surface area (Å²) >= 11 is 0. The molecule has 15 nitrogen and oxygen atoms in total. The number of rotatable bonds is 12. The summed E-state index contributed by atoms with van der Waals surface area (Å²) in [6, 6.07) is 15.0. The Hall–Kier alpha value is -5.70. The van der Waals surface area contributed by atoms with Crippen LogP contribution in [0.4, 0.5) is 9.59 Å². The number of hydrogen-bond donors (Lipinski definition) is 5. The number of likely N-dealkylation sites (tertiary alicyclic amines) is 2. The highest BCUT2D eigenvalue weighted by molar-refractivity contribution is 5.86. The van der Waals surface area contributed by atoms with Gasteiger partial charge < -0.3 is 45.0 Å². The number of methoxy groups -OCH3 is 2. The largest absolute Gasteiger partial charge is 0.465 e. The number of H-pyrrole nitrogens is 2. The van der Waals surface area contributed by atoms with Crippen molar-refractivity contribution in [2.45, 2.75) is 75.5 Å². The molecule has 2 aromatic carbocycles. The molecule has 5 atom stereocenters. The number of aromatic amines is 2. The maximum absolute atomic E-state index is 13.6. The van der Waals surface area contributed by atoms with Gasteiger partial charge in [-0.3, -0.25) is 9.59 Å². The molecule has 7 rings (SSSR count). The molecule has 2 unspecified atom stereocenters. The molecule has 15 heteroatoms. The van der Waals surface area contributed by atoms with Gasteiger partial charge in [0.1, 0.15) is 17.7 Å². The van der Waals surface area contributed by atoms with Crippen LogP contribution < -0.4 is 10.6 Å². The zero-order chi connectivity index (χ0) is 38.5. The first-order valence-electron chi connectivity index (χ1n) is 19.0. The first kappa shape index (κ1) is 37.6. The molecular weight excluding hydrogens is 704 g/mol. The van der Waals surface area contributed by atoms with Gasteiger partial charge in [0.25, 0.3) is 0 Å². The molecule has 4 aromatic rings. The van der Waals surface area contributed by atoms with Gasteiger partial charge in [-0.2, -0.15) is 0 Å². The highest BCUT2D eigenvalue weighted by Gasteiger charge is 2.41. The quantitative estimate of drug-likeness (QED) is 0.121. The number of hydrogen-bond acceptors (Lipinski definition) is 8. The van der Waals surface area contributed by atoms with E-state index in [2.05, 4.69) is 67.0 Å². The Balaban J connectivity index is 0.988. The van der Waals surface area contributed by atoms with Crippen molar-refractivity contribution in [3.63, 3.8) is 0 Å². The van der Waals surface area contributed by atoms with Crippen LogP contribution in [-0.4, -0.2) is 105 Å². The van der Waals surface area contributed by atoms with Crippen LogP contribution in [0.5, 0.6) is 0 Å². The molecule has 4 heterocycles. The van der Waals surface area contributed by atoms with Gasteiger partial charge in [0.2, 0.25) is 11.8 Å². The lowest BCUT2D eigenvalue weighted by Gasteiger charge is -2.28. The highest BCUT2D eigenvalue weighted by Crippen LogP contribution is 2.37. The zero-order valence-corrected chi connectivity index (χ0v) is 31.1. The van der Waals surface area contributed by atoms with Crippen LogP contribution in [-0.2, 0) is 19.1 Å². The number of nitrogens with zero attached hydrogens (tertiary/aromatic N) is 4. The summed E-state index contributed by atoms with van der Waals surface area (Å²) in [5, 5.41) is 14.4. The predicted octanol–water partition coefficient (Wildman–Crippen LogP) is 5.66. The SMILES string of the molecule is COCC[C@H](NC(=O)OC)C(=O)N1CCCC1c1ncc(-c2ccc(-c3ccc(-c4cnc(C5CCCN5C(=O)[C@H]5CCC[C@@H]5NC(=O)O)[nH]4)cc3)cc2)[nH]1. The smallest absolute Gasteiger partial charge is 0.407 e. The monoisotopic (exact) mass is 752 g/mol. The molecule has 3 fully saturated rings. The normalized spacial score (nSPS) is 21.4. The summed E-state index contributed by atoms with van der Waals surface area (Å²) in [5.41, 5.74) is 5.76. The predicted molar refractivity (Wildman–Crippen MR) is 203 cm³/mol. The van der Waals surface area contributed by atoms with Gasteiger partial charge in [0, 0.05) is 39.3 Å². The van der Waals surface area contributed by atoms with E-state index >= 15 is 0 Å². The van der Waals surface area contributed by atoms with Gasteiger partial charge in [-0.25, -0.2) is 19.6 Å². The van der Waals surface area contributed by atoms with Gasteiger partial charge in [0.05, 0.1) is 48.9 Å². The fourth-order valence-corrected chi connectivity index (χ4v) is 8.31. The molecule has 2 saturated heterocycles. The Bertz CT molecular complexity index is 1980. The Morgan fingerprint density at radius 3 is 1.87 bits per heavy atom. The summed E-state index contributed by atoms with van der Waals surface area (Å²) in [7, 11) is 2.82. The molecule has 1 aliphatic carbocycles. The van der Waals surface area contributed by atoms with Crippen LogP contribution in [0.3, 0.4) is 0 Å². The molecule has 0 bridgehead atoms. The first-order valence-corrected chi connectivity index (χ1v) is 19.0. The average Bonchev–Trinajstić information content (AvgIpc) is 4.05. The number of alkyl carbamates (subject to hydrolysis) is 1. The number of nitrogens with one attached hydrogen (secondary N) is 4. The van der Waals surface area contributed by atoms with E-state index in [0.717, 1.165) is 71.6 Å². The van der Waals surface area contributed by atoms with E-state index in [9.17, 15) is 24.3 Å². The maximum atomic E-state index is 13.6. The minimum absolute atomic E-state index is 0.00550. The van der Waals surface area contributed by atoms with Gasteiger partial charge in [-0.15, -0.1) is 0 Å². The van der Waals surface area contributed by atoms with Crippen LogP contribution in [0, 0.1) is 5.92 Å². The lowest BCUT2D eigenvalue weighted by atomic mass is 10.0. The third-order valence-corrected chi connectivity index (χ3v) is 11.1. The van der Waals surface area contributed by atoms with Crippen LogP contribution in [0.25, 0.3) is 33.6 Å². The summed E-state index contributed by atoms with van der Waals surface area (Å²) in [6.45, 7) is 1.52. The number of imidazole rings is 2. The number of amides is 4. The minimum Gasteiger partial charge on any atom is -0.465 e. The summed E-state index contributed by atoms with van der Waals surface area (Å²) in [6.07, 6.45) is 7.65. The van der Waals surface area contributed by atoms with Crippen molar-refractivity contribution in [3.05, 3.63) is 72.6 Å². The third kappa shape index (κ3) is 8.21. The molecule has 4 amide bonds. The van der Waals surface area contributed by atoms with E-state index in [1.807, 2.05) is 23.2 Å². The maximum Gasteiger partial charge on any atom is 0.407 e. The topological polar surface area (TPSA) is 195 Å². The van der Waals surface area contributed by atoms with Gasteiger partial charge in [0.15, 0.2) is 0 Å². The van der Waals surface area contributed by atoms with Gasteiger partial charge in [-0.05, 0) is 60.8 Å². The Kier molecular flexibility index (Phi) is 11.5. The number of carbonyl (C=O) groups excluding carboxylic acids is 3. The molecule has 2 aliphatic heterocycles. The van der Waals surface area contributed by atoms with E-state index in [1.54, 1.807) is 18.2 Å². The molecule has 55 heavy (non-hydrogen) atoms.